The monoisotopic (exact) mass is 362 g/mol. The molecule has 1 heterocycles. The summed E-state index contributed by atoms with van der Waals surface area (Å²) in [4.78, 5) is 13.5. The second kappa shape index (κ2) is 7.55. The first-order chi connectivity index (χ1) is 11.5. The molecular weight excluding hydrogens is 344 g/mol. The number of benzene rings is 2. The molecule has 1 fully saturated rings. The Kier molecular flexibility index (Phi) is 5.43. The lowest BCUT2D eigenvalue weighted by molar-refractivity contribution is 0.0934. The van der Waals surface area contributed by atoms with Crippen LogP contribution in [-0.4, -0.2) is 23.5 Å². The Morgan fingerprint density at radius 3 is 2.46 bits per heavy atom. The number of rotatable bonds is 4. The maximum atomic E-state index is 12.5. The second-order valence-electron chi connectivity index (χ2n) is 5.67. The van der Waals surface area contributed by atoms with Gasteiger partial charge in [0.1, 0.15) is 0 Å². The van der Waals surface area contributed by atoms with Crippen molar-refractivity contribution in [2.24, 2.45) is 5.73 Å². The van der Waals surface area contributed by atoms with Crippen LogP contribution in [0, 0.1) is 6.92 Å². The van der Waals surface area contributed by atoms with E-state index >= 15 is 0 Å². The molecule has 0 saturated carbocycles. The highest BCUT2D eigenvalue weighted by Crippen LogP contribution is 2.27. The van der Waals surface area contributed by atoms with Crippen LogP contribution in [0.4, 0.5) is 0 Å². The van der Waals surface area contributed by atoms with Crippen molar-refractivity contribution >= 4 is 29.3 Å². The molecule has 3 rings (SSSR count). The van der Waals surface area contributed by atoms with Gasteiger partial charge in [0.2, 0.25) is 0 Å². The van der Waals surface area contributed by atoms with Crippen LogP contribution in [0.15, 0.2) is 53.4 Å². The zero-order valence-electron chi connectivity index (χ0n) is 13.1. The fourth-order valence-corrected chi connectivity index (χ4v) is 3.64. The van der Waals surface area contributed by atoms with E-state index in [-0.39, 0.29) is 23.5 Å². The molecule has 1 aliphatic rings. The molecule has 0 aromatic heterocycles. The van der Waals surface area contributed by atoms with E-state index in [2.05, 4.69) is 16.2 Å². The van der Waals surface area contributed by atoms with Crippen LogP contribution in [-0.2, 0) is 0 Å². The summed E-state index contributed by atoms with van der Waals surface area (Å²) in [6.45, 7) is 1.99. The van der Waals surface area contributed by atoms with Gasteiger partial charge in [-0.2, -0.15) is 0 Å². The van der Waals surface area contributed by atoms with E-state index in [1.54, 1.807) is 11.8 Å². The summed E-state index contributed by atoms with van der Waals surface area (Å²) in [5.41, 5.74) is 13.9. The lowest BCUT2D eigenvalue weighted by Crippen LogP contribution is -2.51. The maximum Gasteiger partial charge on any atom is 0.251 e. The van der Waals surface area contributed by atoms with Gasteiger partial charge in [0.15, 0.2) is 0 Å². The van der Waals surface area contributed by atoms with E-state index < -0.39 is 0 Å². The van der Waals surface area contributed by atoms with Gasteiger partial charge >= 0.3 is 0 Å². The molecule has 2 aromatic rings. The van der Waals surface area contributed by atoms with Crippen LogP contribution in [0.1, 0.15) is 15.9 Å². The Morgan fingerprint density at radius 2 is 1.79 bits per heavy atom. The van der Waals surface area contributed by atoms with Crippen LogP contribution < -0.4 is 21.9 Å². The number of thioether (sulfide) groups is 1. The third kappa shape index (κ3) is 4.09. The number of nitrogens with one attached hydrogen (secondary N) is 3. The number of hydrogen-bond acceptors (Lipinski definition) is 5. The highest BCUT2D eigenvalue weighted by atomic mass is 35.5. The number of carbonyl (C=O) groups excluding carboxylic acids is 1. The van der Waals surface area contributed by atoms with Gasteiger partial charge in [-0.05, 0) is 43.3 Å². The summed E-state index contributed by atoms with van der Waals surface area (Å²) in [6.07, 6.45) is -0.371. The van der Waals surface area contributed by atoms with Crippen LogP contribution in [0.3, 0.4) is 0 Å². The fraction of sp³-hybridized carbons (Fsp3) is 0.235. The van der Waals surface area contributed by atoms with E-state index in [1.807, 2.05) is 55.5 Å². The van der Waals surface area contributed by atoms with E-state index in [0.29, 0.717) is 10.6 Å². The number of halogens is 1. The number of amides is 1. The SMILES string of the molecule is Cc1ccc(C(=O)NC2C(N)NNC2Sc2ccc(Cl)cc2)cc1. The van der Waals surface area contributed by atoms with Crippen molar-refractivity contribution in [3.63, 3.8) is 0 Å². The molecule has 5 nitrogen and oxygen atoms in total. The average Bonchev–Trinajstić information content (AvgIpc) is 2.91. The maximum absolute atomic E-state index is 12.5. The van der Waals surface area contributed by atoms with Crippen molar-refractivity contribution in [3.05, 3.63) is 64.7 Å². The predicted molar refractivity (Wildman–Crippen MR) is 97.8 cm³/mol. The van der Waals surface area contributed by atoms with Crippen molar-refractivity contribution < 1.29 is 4.79 Å². The first-order valence-corrected chi connectivity index (χ1v) is 8.85. The Balaban J connectivity index is 1.68. The van der Waals surface area contributed by atoms with Gasteiger partial charge in [0, 0.05) is 15.5 Å². The smallest absolute Gasteiger partial charge is 0.251 e. The fourth-order valence-electron chi connectivity index (χ4n) is 2.41. The lowest BCUT2D eigenvalue weighted by atomic mass is 10.1. The minimum atomic E-state index is -0.371. The molecule has 1 saturated heterocycles. The van der Waals surface area contributed by atoms with Gasteiger partial charge in [-0.3, -0.25) is 4.79 Å². The Labute approximate surface area is 150 Å². The molecule has 1 amide bonds. The van der Waals surface area contributed by atoms with Crippen LogP contribution in [0.2, 0.25) is 5.02 Å². The van der Waals surface area contributed by atoms with Gasteiger partial charge < -0.3 is 11.1 Å². The molecule has 0 aliphatic carbocycles. The van der Waals surface area contributed by atoms with Crippen molar-refractivity contribution in [2.45, 2.75) is 29.4 Å². The number of carbonyl (C=O) groups is 1. The summed E-state index contributed by atoms with van der Waals surface area (Å²) in [5.74, 6) is -0.136. The Hall–Kier alpha value is -1.57. The van der Waals surface area contributed by atoms with E-state index in [9.17, 15) is 4.79 Å². The molecule has 7 heteroatoms. The summed E-state index contributed by atoms with van der Waals surface area (Å²) in [5, 5.41) is 3.62. The topological polar surface area (TPSA) is 79.2 Å². The van der Waals surface area contributed by atoms with Gasteiger partial charge in [0.05, 0.1) is 17.6 Å². The highest BCUT2D eigenvalue weighted by molar-refractivity contribution is 8.00. The number of nitrogens with two attached hydrogens (primary N) is 1. The second-order valence-corrected chi connectivity index (χ2v) is 7.32. The number of hydrogen-bond donors (Lipinski definition) is 4. The number of aryl methyl sites for hydroxylation is 1. The van der Waals surface area contributed by atoms with Crippen LogP contribution >= 0.6 is 23.4 Å². The molecule has 0 radical (unpaired) electrons. The van der Waals surface area contributed by atoms with E-state index in [0.717, 1.165) is 10.5 Å². The van der Waals surface area contributed by atoms with Crippen molar-refractivity contribution in [3.8, 4) is 0 Å². The minimum Gasteiger partial charge on any atom is -0.344 e. The van der Waals surface area contributed by atoms with E-state index in [4.69, 9.17) is 17.3 Å². The first kappa shape index (κ1) is 17.3. The summed E-state index contributed by atoms with van der Waals surface area (Å²) in [7, 11) is 0. The first-order valence-electron chi connectivity index (χ1n) is 7.59. The largest absolute Gasteiger partial charge is 0.344 e. The van der Waals surface area contributed by atoms with Crippen molar-refractivity contribution in [1.82, 2.24) is 16.2 Å². The van der Waals surface area contributed by atoms with Crippen molar-refractivity contribution in [1.29, 1.82) is 0 Å². The zero-order chi connectivity index (χ0) is 17.1. The summed E-state index contributed by atoms with van der Waals surface area (Å²) < 4.78 is 0. The molecule has 0 bridgehead atoms. The van der Waals surface area contributed by atoms with E-state index in [1.165, 1.54) is 0 Å². The Bertz CT molecular complexity index is 708. The minimum absolute atomic E-state index is 0.0874. The third-order valence-corrected chi connectivity index (χ3v) is 5.25. The lowest BCUT2D eigenvalue weighted by Gasteiger charge is -2.22. The molecule has 0 spiro atoms. The summed E-state index contributed by atoms with van der Waals surface area (Å²) in [6, 6.07) is 14.8. The molecular formula is C17H19ClN4OS. The normalized spacial score (nSPS) is 23.2. The molecule has 2 aromatic carbocycles. The molecule has 5 N–H and O–H groups in total. The molecule has 3 unspecified atom stereocenters. The van der Waals surface area contributed by atoms with Gasteiger partial charge in [0.25, 0.3) is 5.91 Å². The zero-order valence-corrected chi connectivity index (χ0v) is 14.7. The predicted octanol–water partition coefficient (Wildman–Crippen LogP) is 2.26. The van der Waals surface area contributed by atoms with Crippen LogP contribution in [0.5, 0.6) is 0 Å². The van der Waals surface area contributed by atoms with Crippen LogP contribution in [0.25, 0.3) is 0 Å². The van der Waals surface area contributed by atoms with Crippen molar-refractivity contribution in [2.75, 3.05) is 0 Å². The summed E-state index contributed by atoms with van der Waals surface area (Å²) >= 11 is 7.50. The quantitative estimate of drug-likeness (QED) is 0.671. The Morgan fingerprint density at radius 1 is 1.12 bits per heavy atom. The van der Waals surface area contributed by atoms with Gasteiger partial charge in [-0.25, -0.2) is 10.9 Å². The standard InChI is InChI=1S/C17H19ClN4OS/c1-10-2-4-11(5-3-10)16(23)20-14-15(19)21-22-17(14)24-13-8-6-12(18)7-9-13/h2-9,14-15,17,21-22H,19H2,1H3,(H,20,23). The number of hydrazine groups is 1. The highest BCUT2D eigenvalue weighted by Gasteiger charge is 2.35. The van der Waals surface area contributed by atoms with Gasteiger partial charge in [-0.15, -0.1) is 11.8 Å². The van der Waals surface area contributed by atoms with Gasteiger partial charge in [-0.1, -0.05) is 29.3 Å². The molecule has 126 valence electrons. The molecule has 3 atom stereocenters. The third-order valence-electron chi connectivity index (χ3n) is 3.79. The molecule has 1 aliphatic heterocycles. The molecule has 24 heavy (non-hydrogen) atoms. The average molecular weight is 363 g/mol.